The maximum atomic E-state index is 13.2. The SMILES string of the molecule is CC(=O)NC(C)(C)/C=C/n1ncc(C(=O)NC2CCCCCCCCC2)c1OCC(C)C. The van der Waals surface area contributed by atoms with E-state index in [1.807, 2.05) is 19.9 Å². The summed E-state index contributed by atoms with van der Waals surface area (Å²) >= 11 is 0. The maximum absolute atomic E-state index is 13.2. The highest BCUT2D eigenvalue weighted by atomic mass is 16.5. The van der Waals surface area contributed by atoms with E-state index >= 15 is 0 Å². The number of nitrogens with one attached hydrogen (secondary N) is 2. The average molecular weight is 447 g/mol. The summed E-state index contributed by atoms with van der Waals surface area (Å²) in [6.45, 7) is 9.90. The molecule has 0 radical (unpaired) electrons. The molecule has 7 nitrogen and oxygen atoms in total. The molecule has 0 atom stereocenters. The third-order valence-corrected chi connectivity index (χ3v) is 5.62. The van der Waals surface area contributed by atoms with E-state index < -0.39 is 5.54 Å². The number of aromatic nitrogens is 2. The molecule has 1 aliphatic rings. The third kappa shape index (κ3) is 9.05. The van der Waals surface area contributed by atoms with Gasteiger partial charge in [-0.05, 0) is 38.7 Å². The number of nitrogens with zero attached hydrogens (tertiary/aromatic N) is 2. The van der Waals surface area contributed by atoms with E-state index in [1.54, 1.807) is 17.1 Å². The lowest BCUT2D eigenvalue weighted by Gasteiger charge is -2.21. The Balaban J connectivity index is 2.17. The quantitative estimate of drug-likeness (QED) is 0.593. The van der Waals surface area contributed by atoms with E-state index in [0.29, 0.717) is 24.0 Å². The van der Waals surface area contributed by atoms with Crippen molar-refractivity contribution in [2.45, 2.75) is 104 Å². The molecule has 1 aromatic heterocycles. The molecule has 1 saturated carbocycles. The lowest BCUT2D eigenvalue weighted by molar-refractivity contribution is -0.120. The Morgan fingerprint density at radius 3 is 2.31 bits per heavy atom. The minimum absolute atomic E-state index is 0.109. The number of hydrogen-bond acceptors (Lipinski definition) is 4. The van der Waals surface area contributed by atoms with Crippen molar-refractivity contribution in [2.75, 3.05) is 6.61 Å². The summed E-state index contributed by atoms with van der Waals surface area (Å²) in [6, 6.07) is 0.191. The highest BCUT2D eigenvalue weighted by Gasteiger charge is 2.22. The van der Waals surface area contributed by atoms with Gasteiger partial charge in [-0.15, -0.1) is 0 Å². The fraction of sp³-hybridized carbons (Fsp3) is 0.720. The van der Waals surface area contributed by atoms with E-state index in [4.69, 9.17) is 4.74 Å². The first kappa shape index (κ1) is 25.9. The Hall–Kier alpha value is -2.31. The van der Waals surface area contributed by atoms with Gasteiger partial charge in [0.2, 0.25) is 11.8 Å². The van der Waals surface area contributed by atoms with Crippen molar-refractivity contribution in [3.05, 3.63) is 17.8 Å². The number of amides is 2. The van der Waals surface area contributed by atoms with Gasteiger partial charge in [0.15, 0.2) is 0 Å². The smallest absolute Gasteiger partial charge is 0.258 e. The topological polar surface area (TPSA) is 85.2 Å². The van der Waals surface area contributed by atoms with Crippen molar-refractivity contribution in [3.8, 4) is 5.88 Å². The molecule has 2 rings (SSSR count). The first-order valence-corrected chi connectivity index (χ1v) is 12.2. The zero-order chi connectivity index (χ0) is 23.6. The first-order chi connectivity index (χ1) is 15.2. The van der Waals surface area contributed by atoms with Gasteiger partial charge in [-0.3, -0.25) is 9.59 Å². The Bertz CT molecular complexity index is 757. The van der Waals surface area contributed by atoms with Crippen LogP contribution in [0.15, 0.2) is 12.3 Å². The van der Waals surface area contributed by atoms with Gasteiger partial charge in [-0.2, -0.15) is 5.10 Å². The minimum Gasteiger partial charge on any atom is -0.477 e. The molecular weight excluding hydrogens is 404 g/mol. The van der Waals surface area contributed by atoms with Gasteiger partial charge in [-0.1, -0.05) is 58.8 Å². The molecule has 0 aliphatic heterocycles. The number of carbonyl (C=O) groups is 2. The molecule has 2 amide bonds. The van der Waals surface area contributed by atoms with Gasteiger partial charge in [-0.25, -0.2) is 4.68 Å². The third-order valence-electron chi connectivity index (χ3n) is 5.62. The Labute approximate surface area is 193 Å². The zero-order valence-electron chi connectivity index (χ0n) is 20.6. The van der Waals surface area contributed by atoms with Crippen molar-refractivity contribution < 1.29 is 14.3 Å². The number of hydrogen-bond donors (Lipinski definition) is 2. The van der Waals surface area contributed by atoms with E-state index in [0.717, 1.165) is 25.7 Å². The van der Waals surface area contributed by atoms with Crippen molar-refractivity contribution in [1.29, 1.82) is 0 Å². The van der Waals surface area contributed by atoms with E-state index in [2.05, 4.69) is 29.6 Å². The summed E-state index contributed by atoms with van der Waals surface area (Å²) in [5.74, 6) is 0.507. The van der Waals surface area contributed by atoms with Crippen LogP contribution in [0.5, 0.6) is 5.88 Å². The van der Waals surface area contributed by atoms with Gasteiger partial charge in [0.1, 0.15) is 5.56 Å². The average Bonchev–Trinajstić information content (AvgIpc) is 3.12. The van der Waals surface area contributed by atoms with E-state index in [9.17, 15) is 9.59 Å². The van der Waals surface area contributed by atoms with Gasteiger partial charge in [0.05, 0.1) is 18.3 Å². The second-order valence-corrected chi connectivity index (χ2v) is 9.95. The molecule has 2 N–H and O–H groups in total. The van der Waals surface area contributed by atoms with Crippen LogP contribution < -0.4 is 15.4 Å². The van der Waals surface area contributed by atoms with Crippen LogP contribution in [-0.2, 0) is 4.79 Å². The van der Waals surface area contributed by atoms with Crippen LogP contribution in [0.25, 0.3) is 6.20 Å². The first-order valence-electron chi connectivity index (χ1n) is 12.2. The second kappa shape index (κ2) is 12.7. The lowest BCUT2D eigenvalue weighted by Crippen LogP contribution is -2.40. The van der Waals surface area contributed by atoms with Crippen LogP contribution in [-0.4, -0.2) is 39.8 Å². The summed E-state index contributed by atoms with van der Waals surface area (Å²) in [4.78, 5) is 24.6. The van der Waals surface area contributed by atoms with Crippen LogP contribution in [0.2, 0.25) is 0 Å². The van der Waals surface area contributed by atoms with Crippen molar-refractivity contribution in [1.82, 2.24) is 20.4 Å². The largest absolute Gasteiger partial charge is 0.477 e. The molecule has 1 aliphatic carbocycles. The zero-order valence-corrected chi connectivity index (χ0v) is 20.6. The monoisotopic (exact) mass is 446 g/mol. The van der Waals surface area contributed by atoms with Crippen LogP contribution in [0.3, 0.4) is 0 Å². The van der Waals surface area contributed by atoms with Gasteiger partial charge in [0, 0.05) is 19.2 Å². The van der Waals surface area contributed by atoms with Crippen LogP contribution in [0.1, 0.15) is 103 Å². The molecular formula is C25H42N4O3. The van der Waals surface area contributed by atoms with Gasteiger partial charge >= 0.3 is 0 Å². The highest BCUT2D eigenvalue weighted by Crippen LogP contribution is 2.22. The molecule has 0 spiro atoms. The molecule has 0 aromatic carbocycles. The summed E-state index contributed by atoms with van der Waals surface area (Å²) in [5, 5.41) is 10.5. The minimum atomic E-state index is -0.550. The summed E-state index contributed by atoms with van der Waals surface area (Å²) in [5.41, 5.74) is -0.101. The van der Waals surface area contributed by atoms with E-state index in [-0.39, 0.29) is 17.9 Å². The molecule has 0 saturated heterocycles. The van der Waals surface area contributed by atoms with Crippen molar-refractivity contribution in [3.63, 3.8) is 0 Å². The van der Waals surface area contributed by atoms with Crippen LogP contribution in [0.4, 0.5) is 0 Å². The molecule has 1 aromatic rings. The molecule has 7 heteroatoms. The number of carbonyl (C=O) groups excluding carboxylic acids is 2. The molecule has 32 heavy (non-hydrogen) atoms. The maximum Gasteiger partial charge on any atom is 0.258 e. The fourth-order valence-corrected chi connectivity index (χ4v) is 3.97. The van der Waals surface area contributed by atoms with Crippen LogP contribution >= 0.6 is 0 Å². The van der Waals surface area contributed by atoms with Gasteiger partial charge in [0.25, 0.3) is 5.91 Å². The number of rotatable bonds is 8. The predicted octanol–water partition coefficient (Wildman–Crippen LogP) is 4.93. The van der Waals surface area contributed by atoms with E-state index in [1.165, 1.54) is 39.0 Å². The summed E-state index contributed by atoms with van der Waals surface area (Å²) in [7, 11) is 0. The second-order valence-electron chi connectivity index (χ2n) is 9.95. The molecule has 1 heterocycles. The van der Waals surface area contributed by atoms with Crippen molar-refractivity contribution >= 4 is 18.0 Å². The Kier molecular flexibility index (Phi) is 10.3. The lowest BCUT2D eigenvalue weighted by atomic mass is 9.97. The van der Waals surface area contributed by atoms with Crippen molar-refractivity contribution in [2.24, 2.45) is 5.92 Å². The molecule has 1 fully saturated rings. The number of ether oxygens (including phenoxy) is 1. The van der Waals surface area contributed by atoms with Crippen LogP contribution in [0, 0.1) is 5.92 Å². The normalized spacial score (nSPS) is 16.8. The summed E-state index contributed by atoms with van der Waals surface area (Å²) in [6.07, 6.45) is 15.9. The van der Waals surface area contributed by atoms with Gasteiger partial charge < -0.3 is 15.4 Å². The Morgan fingerprint density at radius 2 is 1.75 bits per heavy atom. The standard InChI is InChI=1S/C25H42N4O3/c1-19(2)18-32-24-22(17-26-29(24)16-15-25(4,5)28-20(3)30)23(31)27-21-13-11-9-7-6-8-10-12-14-21/h15-17,19,21H,6-14,18H2,1-5H3,(H,27,31)(H,28,30)/b16-15+. The highest BCUT2D eigenvalue weighted by molar-refractivity contribution is 5.96. The molecule has 0 unspecified atom stereocenters. The molecule has 0 bridgehead atoms. The fourth-order valence-electron chi connectivity index (χ4n) is 3.97. The Morgan fingerprint density at radius 1 is 1.16 bits per heavy atom. The summed E-state index contributed by atoms with van der Waals surface area (Å²) < 4.78 is 7.59. The predicted molar refractivity (Wildman–Crippen MR) is 129 cm³/mol. The molecule has 180 valence electrons.